The molecule has 1 aliphatic rings. The Hall–Kier alpha value is -2.08. The average Bonchev–Trinajstić information content (AvgIpc) is 2.59. The van der Waals surface area contributed by atoms with Crippen LogP contribution in [0.5, 0.6) is 0 Å². The first kappa shape index (κ1) is 16.8. The molecule has 5 nitrogen and oxygen atoms in total. The fourth-order valence-corrected chi connectivity index (χ4v) is 4.00. The van der Waals surface area contributed by atoms with E-state index in [9.17, 15) is 9.59 Å². The first-order valence-corrected chi connectivity index (χ1v) is 9.13. The lowest BCUT2D eigenvalue weighted by molar-refractivity contribution is -0.138. The second-order valence-electron chi connectivity index (χ2n) is 6.08. The molecule has 1 fully saturated rings. The molecular formula is C18H21N3O2S. The minimum atomic E-state index is -0.460. The molecule has 0 bridgehead atoms. The third-order valence-corrected chi connectivity index (χ3v) is 5.29. The van der Waals surface area contributed by atoms with Crippen LogP contribution in [0.15, 0.2) is 35.4 Å². The Labute approximate surface area is 145 Å². The van der Waals surface area contributed by atoms with Gasteiger partial charge in [-0.3, -0.25) is 9.59 Å². The molecule has 0 radical (unpaired) electrons. The van der Waals surface area contributed by atoms with Gasteiger partial charge in [0, 0.05) is 11.9 Å². The molecule has 24 heavy (non-hydrogen) atoms. The molecule has 1 saturated heterocycles. The van der Waals surface area contributed by atoms with Crippen LogP contribution >= 0.6 is 11.8 Å². The quantitative estimate of drug-likeness (QED) is 0.866. The Morgan fingerprint density at radius 2 is 2.12 bits per heavy atom. The molecule has 1 aromatic heterocycles. The van der Waals surface area contributed by atoms with Gasteiger partial charge in [-0.05, 0) is 43.9 Å². The minimum Gasteiger partial charge on any atom is -0.368 e. The lowest BCUT2D eigenvalue weighted by Gasteiger charge is -2.33. The smallest absolute Gasteiger partial charge is 0.240 e. The van der Waals surface area contributed by atoms with Crippen molar-refractivity contribution in [2.45, 2.75) is 37.3 Å². The number of primary amides is 1. The van der Waals surface area contributed by atoms with Crippen LogP contribution in [0.4, 0.5) is 0 Å². The fraction of sp³-hybridized carbons (Fsp3) is 0.389. The molecule has 126 valence electrons. The molecule has 3 rings (SSSR count). The Balaban J connectivity index is 1.71. The third kappa shape index (κ3) is 3.53. The van der Waals surface area contributed by atoms with Crippen molar-refractivity contribution in [1.29, 1.82) is 0 Å². The molecule has 2 amide bonds. The van der Waals surface area contributed by atoms with E-state index in [-0.39, 0.29) is 11.7 Å². The number of para-hydroxylation sites is 1. The summed E-state index contributed by atoms with van der Waals surface area (Å²) in [4.78, 5) is 30.3. The number of benzene rings is 1. The summed E-state index contributed by atoms with van der Waals surface area (Å²) in [5.74, 6) is -0.182. The van der Waals surface area contributed by atoms with Crippen molar-refractivity contribution in [3.8, 4) is 0 Å². The second-order valence-corrected chi connectivity index (χ2v) is 7.08. The number of rotatable bonds is 4. The Morgan fingerprint density at radius 1 is 1.33 bits per heavy atom. The van der Waals surface area contributed by atoms with Crippen LogP contribution < -0.4 is 5.73 Å². The summed E-state index contributed by atoms with van der Waals surface area (Å²) in [6, 6.07) is 9.51. The number of aryl methyl sites for hydroxylation is 1. The van der Waals surface area contributed by atoms with Gasteiger partial charge in [0.05, 0.1) is 16.3 Å². The predicted octanol–water partition coefficient (Wildman–Crippen LogP) is 2.50. The molecule has 0 aliphatic carbocycles. The van der Waals surface area contributed by atoms with Crippen LogP contribution in [0.2, 0.25) is 0 Å². The van der Waals surface area contributed by atoms with Crippen molar-refractivity contribution in [1.82, 2.24) is 9.88 Å². The number of carbonyl (C=O) groups is 2. The second kappa shape index (κ2) is 7.21. The number of hydrogen-bond donors (Lipinski definition) is 1. The maximum absolute atomic E-state index is 12.5. The van der Waals surface area contributed by atoms with E-state index in [1.165, 1.54) is 11.8 Å². The largest absolute Gasteiger partial charge is 0.368 e. The van der Waals surface area contributed by atoms with Crippen LogP contribution in [0.25, 0.3) is 10.9 Å². The summed E-state index contributed by atoms with van der Waals surface area (Å²) in [6.07, 6.45) is 2.53. The number of hydrogen-bond acceptors (Lipinski definition) is 4. The number of pyridine rings is 1. The number of thioether (sulfide) groups is 1. The van der Waals surface area contributed by atoms with E-state index in [0.717, 1.165) is 34.3 Å². The van der Waals surface area contributed by atoms with Gasteiger partial charge >= 0.3 is 0 Å². The first-order valence-electron chi connectivity index (χ1n) is 8.14. The van der Waals surface area contributed by atoms with Gasteiger partial charge in [-0.1, -0.05) is 30.0 Å². The molecule has 1 aromatic carbocycles. The highest BCUT2D eigenvalue weighted by Crippen LogP contribution is 2.25. The number of likely N-dealkylation sites (tertiary alicyclic amines) is 1. The summed E-state index contributed by atoms with van der Waals surface area (Å²) < 4.78 is 0. The number of amides is 2. The van der Waals surface area contributed by atoms with Gasteiger partial charge < -0.3 is 10.6 Å². The lowest BCUT2D eigenvalue weighted by atomic mass is 10.0. The maximum Gasteiger partial charge on any atom is 0.240 e. The number of nitrogens with two attached hydrogens (primary N) is 1. The molecule has 6 heteroatoms. The predicted molar refractivity (Wildman–Crippen MR) is 95.8 cm³/mol. The van der Waals surface area contributed by atoms with Crippen LogP contribution in [-0.2, 0) is 9.59 Å². The monoisotopic (exact) mass is 343 g/mol. The van der Waals surface area contributed by atoms with Gasteiger partial charge in [-0.2, -0.15) is 0 Å². The van der Waals surface area contributed by atoms with Gasteiger partial charge in [0.1, 0.15) is 6.04 Å². The van der Waals surface area contributed by atoms with Crippen molar-refractivity contribution < 1.29 is 9.59 Å². The summed E-state index contributed by atoms with van der Waals surface area (Å²) in [6.45, 7) is 2.65. The summed E-state index contributed by atoms with van der Waals surface area (Å²) in [5.41, 5.74) is 7.51. The molecule has 2 aromatic rings. The fourth-order valence-electron chi connectivity index (χ4n) is 3.14. The van der Waals surface area contributed by atoms with Crippen molar-refractivity contribution in [3.63, 3.8) is 0 Å². The van der Waals surface area contributed by atoms with Crippen LogP contribution in [0.1, 0.15) is 24.8 Å². The van der Waals surface area contributed by atoms with Crippen molar-refractivity contribution in [2.24, 2.45) is 5.73 Å². The molecule has 0 unspecified atom stereocenters. The van der Waals surface area contributed by atoms with Crippen LogP contribution in [0, 0.1) is 6.92 Å². The van der Waals surface area contributed by atoms with Crippen molar-refractivity contribution >= 4 is 34.5 Å². The Bertz CT molecular complexity index is 778. The summed E-state index contributed by atoms with van der Waals surface area (Å²) in [5, 5.41) is 1.95. The third-order valence-electron chi connectivity index (χ3n) is 4.39. The number of nitrogens with zero attached hydrogens (tertiary/aromatic N) is 2. The Kier molecular flexibility index (Phi) is 5.04. The Morgan fingerprint density at radius 3 is 2.92 bits per heavy atom. The highest BCUT2D eigenvalue weighted by Gasteiger charge is 2.30. The number of carbonyl (C=O) groups excluding carboxylic acids is 2. The van der Waals surface area contributed by atoms with E-state index in [1.807, 2.05) is 37.3 Å². The van der Waals surface area contributed by atoms with E-state index in [1.54, 1.807) is 4.90 Å². The van der Waals surface area contributed by atoms with E-state index in [2.05, 4.69) is 4.98 Å². The molecule has 1 aliphatic heterocycles. The van der Waals surface area contributed by atoms with Crippen molar-refractivity contribution in [2.75, 3.05) is 12.3 Å². The summed E-state index contributed by atoms with van der Waals surface area (Å²) in [7, 11) is 0. The van der Waals surface area contributed by atoms with Crippen LogP contribution in [-0.4, -0.2) is 40.0 Å². The first-order chi connectivity index (χ1) is 11.6. The zero-order valence-corrected chi connectivity index (χ0v) is 14.5. The molecule has 1 atom stereocenters. The zero-order valence-electron chi connectivity index (χ0n) is 13.7. The van der Waals surface area contributed by atoms with Crippen molar-refractivity contribution in [3.05, 3.63) is 35.9 Å². The zero-order chi connectivity index (χ0) is 17.1. The van der Waals surface area contributed by atoms with E-state index >= 15 is 0 Å². The number of aromatic nitrogens is 1. The summed E-state index contributed by atoms with van der Waals surface area (Å²) >= 11 is 1.41. The van der Waals surface area contributed by atoms with Gasteiger partial charge in [-0.15, -0.1) is 0 Å². The number of piperidine rings is 1. The SMILES string of the molecule is Cc1cc(SCC(=O)N2CCCC[C@@H]2C(N)=O)nc2ccccc12. The maximum atomic E-state index is 12.5. The topological polar surface area (TPSA) is 76.3 Å². The van der Waals surface area contributed by atoms with Gasteiger partial charge in [0.25, 0.3) is 0 Å². The highest BCUT2D eigenvalue weighted by atomic mass is 32.2. The van der Waals surface area contributed by atoms with Gasteiger partial charge in [0.15, 0.2) is 0 Å². The molecule has 0 spiro atoms. The molecular weight excluding hydrogens is 322 g/mol. The molecule has 2 heterocycles. The average molecular weight is 343 g/mol. The number of fused-ring (bicyclic) bond motifs is 1. The van der Waals surface area contributed by atoms with E-state index < -0.39 is 11.9 Å². The highest BCUT2D eigenvalue weighted by molar-refractivity contribution is 7.99. The van der Waals surface area contributed by atoms with E-state index in [0.29, 0.717) is 13.0 Å². The van der Waals surface area contributed by atoms with E-state index in [4.69, 9.17) is 5.73 Å². The van der Waals surface area contributed by atoms with Gasteiger partial charge in [0.2, 0.25) is 11.8 Å². The van der Waals surface area contributed by atoms with Crippen LogP contribution in [0.3, 0.4) is 0 Å². The molecule has 2 N–H and O–H groups in total. The standard InChI is InChI=1S/C18H21N3O2S/c1-12-10-16(20-14-7-3-2-6-13(12)14)24-11-17(22)21-9-5-4-8-15(21)18(19)23/h2-3,6-7,10,15H,4-5,8-9,11H2,1H3,(H2,19,23)/t15-/m1/s1. The molecule has 0 saturated carbocycles. The lowest BCUT2D eigenvalue weighted by Crippen LogP contribution is -2.51. The normalized spacial score (nSPS) is 17.9. The minimum absolute atomic E-state index is 0.0453. The van der Waals surface area contributed by atoms with Gasteiger partial charge in [-0.25, -0.2) is 4.98 Å².